The molecule has 0 N–H and O–H groups in total. The average Bonchev–Trinajstić information content (AvgIpc) is 3.02. The smallest absolute Gasteiger partial charge is 0.457 e. The van der Waals surface area contributed by atoms with Crippen LogP contribution in [0.1, 0.15) is 84.9 Å². The van der Waals surface area contributed by atoms with Crippen molar-refractivity contribution >= 4 is 85.2 Å². The standard InChI is InChI=1S/C42H40I2O10/c1-40(2,3)52-37(45)48-25-14-10-22-12-16-31-34(27(22)20-25)33(24-18-29(43)36(30(44)19-24)51-39(47)54-42(7,8)9)35-28-21-26(49-38(46)53-41(4,5)6)15-11-23(28)13-17-32(35)50-31/h10-21,33H,1-9H3. The monoisotopic (exact) mass is 958 g/mol. The molecule has 0 spiro atoms. The van der Waals surface area contributed by atoms with Gasteiger partial charge in [0.05, 0.1) is 7.14 Å². The van der Waals surface area contributed by atoms with E-state index in [2.05, 4.69) is 45.2 Å². The molecule has 12 heteroatoms. The van der Waals surface area contributed by atoms with E-state index in [9.17, 15) is 14.4 Å². The van der Waals surface area contributed by atoms with Crippen LogP contribution in [0.3, 0.4) is 0 Å². The topological polar surface area (TPSA) is 116 Å². The highest BCUT2D eigenvalue weighted by Crippen LogP contribution is 2.53. The first kappa shape index (κ1) is 39.4. The van der Waals surface area contributed by atoms with Crippen molar-refractivity contribution in [1.82, 2.24) is 0 Å². The van der Waals surface area contributed by atoms with Gasteiger partial charge in [0.1, 0.15) is 39.8 Å². The molecule has 6 rings (SSSR count). The van der Waals surface area contributed by atoms with E-state index < -0.39 is 41.2 Å². The summed E-state index contributed by atoms with van der Waals surface area (Å²) in [4.78, 5) is 38.2. The maximum Gasteiger partial charge on any atom is 0.514 e. The zero-order valence-corrected chi connectivity index (χ0v) is 35.7. The highest BCUT2D eigenvalue weighted by molar-refractivity contribution is 14.1. The lowest BCUT2D eigenvalue weighted by Crippen LogP contribution is -2.26. The Morgan fingerprint density at radius 2 is 0.907 bits per heavy atom. The van der Waals surface area contributed by atoms with E-state index in [1.54, 1.807) is 86.6 Å². The van der Waals surface area contributed by atoms with Crippen LogP contribution in [0.25, 0.3) is 21.5 Å². The first-order chi connectivity index (χ1) is 25.1. The summed E-state index contributed by atoms with van der Waals surface area (Å²) in [6, 6.07) is 22.5. The molecular formula is C42H40I2O10. The van der Waals surface area contributed by atoms with E-state index in [1.165, 1.54) is 0 Å². The second-order valence-corrected chi connectivity index (χ2v) is 18.1. The van der Waals surface area contributed by atoms with Crippen LogP contribution in [-0.2, 0) is 14.2 Å². The molecule has 5 aromatic rings. The zero-order valence-electron chi connectivity index (χ0n) is 31.3. The summed E-state index contributed by atoms with van der Waals surface area (Å²) in [5.74, 6) is 1.71. The molecule has 5 aromatic carbocycles. The summed E-state index contributed by atoms with van der Waals surface area (Å²) in [6.07, 6.45) is -2.45. The number of benzene rings is 5. The molecule has 0 bridgehead atoms. The molecule has 1 heterocycles. The van der Waals surface area contributed by atoms with E-state index in [0.717, 1.165) is 38.2 Å². The molecule has 0 saturated heterocycles. The van der Waals surface area contributed by atoms with Gasteiger partial charge in [0.25, 0.3) is 0 Å². The van der Waals surface area contributed by atoms with Crippen molar-refractivity contribution in [2.45, 2.75) is 85.0 Å². The van der Waals surface area contributed by atoms with E-state index in [0.29, 0.717) is 35.9 Å². The van der Waals surface area contributed by atoms with Crippen LogP contribution in [-0.4, -0.2) is 35.3 Å². The Kier molecular flexibility index (Phi) is 10.7. The summed E-state index contributed by atoms with van der Waals surface area (Å²) in [6.45, 7) is 15.9. The lowest BCUT2D eigenvalue weighted by Gasteiger charge is -2.32. The number of carbonyl (C=O) groups is 3. The molecular weight excluding hydrogens is 918 g/mol. The van der Waals surface area contributed by atoms with Crippen molar-refractivity contribution in [2.24, 2.45) is 0 Å². The van der Waals surface area contributed by atoms with Gasteiger partial charge in [-0.25, -0.2) is 14.4 Å². The Balaban J connectivity index is 1.55. The lowest BCUT2D eigenvalue weighted by atomic mass is 9.78. The van der Waals surface area contributed by atoms with Gasteiger partial charge in [0.15, 0.2) is 5.75 Å². The maximum absolute atomic E-state index is 12.8. The van der Waals surface area contributed by atoms with Gasteiger partial charge in [-0.2, -0.15) is 0 Å². The Labute approximate surface area is 341 Å². The SMILES string of the molecule is CC(C)(C)OC(=O)Oc1ccc2ccc3c(c2c1)C(c1cc(I)c(OC(=O)OC(C)(C)C)c(I)c1)c1c(ccc2ccc(OC(=O)OC(C)(C)C)cc12)O3. The molecule has 1 aliphatic heterocycles. The van der Waals surface area contributed by atoms with Crippen LogP contribution in [0.5, 0.6) is 28.7 Å². The van der Waals surface area contributed by atoms with E-state index in [4.69, 9.17) is 33.2 Å². The summed E-state index contributed by atoms with van der Waals surface area (Å²) < 4.78 is 41.4. The van der Waals surface area contributed by atoms with Crippen LogP contribution < -0.4 is 18.9 Å². The molecule has 0 atom stereocenters. The highest BCUT2D eigenvalue weighted by atomic mass is 127. The fraction of sp³-hybridized carbons (Fsp3) is 0.310. The first-order valence-corrected chi connectivity index (χ1v) is 19.3. The number of carbonyl (C=O) groups excluding carboxylic acids is 3. The summed E-state index contributed by atoms with van der Waals surface area (Å²) in [7, 11) is 0. The third-order valence-corrected chi connectivity index (χ3v) is 9.50. The number of halogens is 2. The number of hydrogen-bond acceptors (Lipinski definition) is 10. The minimum absolute atomic E-state index is 0.297. The van der Waals surface area contributed by atoms with E-state index in [1.807, 2.05) is 48.5 Å². The molecule has 0 radical (unpaired) electrons. The molecule has 54 heavy (non-hydrogen) atoms. The molecule has 282 valence electrons. The number of ether oxygens (including phenoxy) is 7. The molecule has 0 unspecified atom stereocenters. The summed E-state index contributed by atoms with van der Waals surface area (Å²) >= 11 is 4.32. The highest BCUT2D eigenvalue weighted by Gasteiger charge is 2.34. The molecule has 0 aromatic heterocycles. The van der Waals surface area contributed by atoms with Crippen molar-refractivity contribution in [3.05, 3.63) is 96.6 Å². The number of hydrogen-bond donors (Lipinski definition) is 0. The van der Waals surface area contributed by atoms with Gasteiger partial charge in [0, 0.05) is 17.0 Å². The van der Waals surface area contributed by atoms with E-state index >= 15 is 0 Å². The van der Waals surface area contributed by atoms with Gasteiger partial charge >= 0.3 is 18.5 Å². The Hall–Kier alpha value is -4.31. The second kappa shape index (κ2) is 14.7. The minimum atomic E-state index is -0.821. The minimum Gasteiger partial charge on any atom is -0.457 e. The fourth-order valence-corrected chi connectivity index (χ4v) is 8.07. The van der Waals surface area contributed by atoms with Crippen LogP contribution in [0, 0.1) is 7.14 Å². The summed E-state index contributed by atoms with van der Waals surface area (Å²) in [5, 5.41) is 3.32. The van der Waals surface area contributed by atoms with Gasteiger partial charge in [-0.05, 0) is 183 Å². The Morgan fingerprint density at radius 1 is 0.537 bits per heavy atom. The molecule has 1 aliphatic rings. The molecule has 0 amide bonds. The van der Waals surface area contributed by atoms with Crippen LogP contribution in [0.2, 0.25) is 0 Å². The predicted molar refractivity (Wildman–Crippen MR) is 221 cm³/mol. The van der Waals surface area contributed by atoms with Crippen molar-refractivity contribution in [3.8, 4) is 28.7 Å². The Bertz CT molecular complexity index is 2170. The van der Waals surface area contributed by atoms with Gasteiger partial charge in [-0.1, -0.05) is 24.3 Å². The maximum atomic E-state index is 12.8. The number of fused-ring (bicyclic) bond motifs is 6. The Morgan fingerprint density at radius 3 is 1.30 bits per heavy atom. The second-order valence-electron chi connectivity index (χ2n) is 15.8. The van der Waals surface area contributed by atoms with Crippen LogP contribution in [0.15, 0.2) is 72.8 Å². The van der Waals surface area contributed by atoms with Gasteiger partial charge in [0.2, 0.25) is 0 Å². The van der Waals surface area contributed by atoms with Crippen molar-refractivity contribution in [1.29, 1.82) is 0 Å². The van der Waals surface area contributed by atoms with Crippen LogP contribution >= 0.6 is 45.2 Å². The lowest BCUT2D eigenvalue weighted by molar-refractivity contribution is 0.0190. The average molecular weight is 959 g/mol. The molecule has 10 nitrogen and oxygen atoms in total. The van der Waals surface area contributed by atoms with Crippen LogP contribution in [0.4, 0.5) is 14.4 Å². The van der Waals surface area contributed by atoms with Gasteiger partial charge < -0.3 is 33.2 Å². The summed E-state index contributed by atoms with van der Waals surface area (Å²) in [5.41, 5.74) is 0.278. The molecule has 0 fully saturated rings. The van der Waals surface area contributed by atoms with Crippen molar-refractivity contribution in [2.75, 3.05) is 0 Å². The molecule has 0 saturated carbocycles. The third-order valence-electron chi connectivity index (χ3n) is 7.90. The normalized spacial score (nSPS) is 13.0. The van der Waals surface area contributed by atoms with Crippen molar-refractivity contribution in [3.63, 3.8) is 0 Å². The zero-order chi connectivity index (χ0) is 39.3. The first-order valence-electron chi connectivity index (χ1n) is 17.2. The van der Waals surface area contributed by atoms with Crippen molar-refractivity contribution < 1.29 is 47.5 Å². The van der Waals surface area contributed by atoms with Gasteiger partial charge in [-0.15, -0.1) is 0 Å². The van der Waals surface area contributed by atoms with E-state index in [-0.39, 0.29) is 0 Å². The predicted octanol–water partition coefficient (Wildman–Crippen LogP) is 12.4. The fourth-order valence-electron chi connectivity index (χ4n) is 6.03. The quantitative estimate of drug-likeness (QED) is 0.0732. The molecule has 0 aliphatic carbocycles. The third kappa shape index (κ3) is 9.13. The largest absolute Gasteiger partial charge is 0.514 e. The number of rotatable bonds is 4. The van der Waals surface area contributed by atoms with Gasteiger partial charge in [-0.3, -0.25) is 0 Å².